The minimum absolute atomic E-state index is 0.0254. The Bertz CT molecular complexity index is 787. The van der Waals surface area contributed by atoms with Gasteiger partial charge in [0.25, 0.3) is 0 Å². The van der Waals surface area contributed by atoms with E-state index >= 15 is 0 Å². The number of rotatable bonds is 5. The van der Waals surface area contributed by atoms with Crippen molar-refractivity contribution in [2.24, 2.45) is 0 Å². The molecule has 1 aliphatic carbocycles. The fourth-order valence-electron chi connectivity index (χ4n) is 2.74. The molecule has 0 bridgehead atoms. The van der Waals surface area contributed by atoms with E-state index in [9.17, 15) is 4.79 Å². The Kier molecular flexibility index (Phi) is 4.42. The van der Waals surface area contributed by atoms with Crippen molar-refractivity contribution in [3.8, 4) is 6.07 Å². The van der Waals surface area contributed by atoms with Gasteiger partial charge in [-0.15, -0.1) is 0 Å². The van der Waals surface area contributed by atoms with Gasteiger partial charge in [-0.05, 0) is 37.8 Å². The van der Waals surface area contributed by atoms with Crippen LogP contribution in [0, 0.1) is 25.2 Å². The first kappa shape index (κ1) is 16.0. The largest absolute Gasteiger partial charge is 0.301 e. The molecule has 0 atom stereocenters. The molecule has 1 N–H and O–H groups in total. The minimum atomic E-state index is -0.398. The van der Waals surface area contributed by atoms with Crippen LogP contribution in [0.5, 0.6) is 0 Å². The van der Waals surface area contributed by atoms with Crippen molar-refractivity contribution in [1.29, 1.82) is 5.26 Å². The summed E-state index contributed by atoms with van der Waals surface area (Å²) in [6.45, 7) is 3.95. The van der Waals surface area contributed by atoms with Gasteiger partial charge >= 0.3 is 0 Å². The number of anilines is 1. The molecule has 0 spiro atoms. The first-order valence-corrected chi connectivity index (χ1v) is 9.22. The quantitative estimate of drug-likeness (QED) is 0.832. The number of benzene rings is 1. The summed E-state index contributed by atoms with van der Waals surface area (Å²) in [4.78, 5) is 17.2. The SMILES string of the molecule is Cc1ccccc1C1(C(=O)Nc2nc(C)c(SCC#N)s2)CC1. The monoisotopic (exact) mass is 343 g/mol. The molecule has 1 heterocycles. The number of nitrogens with one attached hydrogen (secondary N) is 1. The zero-order valence-corrected chi connectivity index (χ0v) is 14.7. The lowest BCUT2D eigenvalue weighted by molar-refractivity contribution is -0.118. The van der Waals surface area contributed by atoms with Crippen LogP contribution in [-0.2, 0) is 10.2 Å². The maximum Gasteiger partial charge on any atom is 0.236 e. The zero-order valence-electron chi connectivity index (χ0n) is 13.0. The topological polar surface area (TPSA) is 65.8 Å². The molecular weight excluding hydrogens is 326 g/mol. The van der Waals surface area contributed by atoms with Crippen LogP contribution in [0.15, 0.2) is 28.5 Å². The average Bonchev–Trinajstić information content (AvgIpc) is 3.26. The van der Waals surface area contributed by atoms with E-state index in [0.717, 1.165) is 33.9 Å². The Balaban J connectivity index is 1.78. The van der Waals surface area contributed by atoms with Crippen molar-refractivity contribution in [2.45, 2.75) is 36.3 Å². The predicted molar refractivity (Wildman–Crippen MR) is 93.9 cm³/mol. The fraction of sp³-hybridized carbons (Fsp3) is 0.353. The van der Waals surface area contributed by atoms with Gasteiger partial charge in [0.15, 0.2) is 5.13 Å². The maximum atomic E-state index is 12.8. The molecule has 0 radical (unpaired) electrons. The molecule has 0 saturated heterocycles. The highest BCUT2D eigenvalue weighted by atomic mass is 32.2. The molecule has 4 nitrogen and oxygen atoms in total. The van der Waals surface area contributed by atoms with Gasteiger partial charge in [-0.3, -0.25) is 4.79 Å². The molecule has 1 aromatic carbocycles. The van der Waals surface area contributed by atoms with Crippen LogP contribution in [0.25, 0.3) is 0 Å². The average molecular weight is 343 g/mol. The number of carbonyl (C=O) groups is 1. The molecule has 2 aromatic rings. The van der Waals surface area contributed by atoms with Crippen molar-refractivity contribution in [3.05, 3.63) is 41.1 Å². The summed E-state index contributed by atoms with van der Waals surface area (Å²) < 4.78 is 0.989. The highest BCUT2D eigenvalue weighted by Crippen LogP contribution is 2.50. The molecule has 1 aromatic heterocycles. The number of nitriles is 1. The van der Waals surface area contributed by atoms with E-state index in [4.69, 9.17) is 5.26 Å². The number of carbonyl (C=O) groups excluding carboxylic acids is 1. The smallest absolute Gasteiger partial charge is 0.236 e. The van der Waals surface area contributed by atoms with Crippen LogP contribution in [0.4, 0.5) is 5.13 Å². The first-order chi connectivity index (χ1) is 11.1. The second kappa shape index (κ2) is 6.34. The first-order valence-electron chi connectivity index (χ1n) is 7.41. The number of hydrogen-bond donors (Lipinski definition) is 1. The van der Waals surface area contributed by atoms with Crippen LogP contribution in [0.2, 0.25) is 0 Å². The molecule has 1 aliphatic rings. The molecule has 1 amide bonds. The zero-order chi connectivity index (χ0) is 16.4. The van der Waals surface area contributed by atoms with Crippen LogP contribution < -0.4 is 5.32 Å². The van der Waals surface area contributed by atoms with Gasteiger partial charge < -0.3 is 5.32 Å². The van der Waals surface area contributed by atoms with Crippen molar-refractivity contribution in [2.75, 3.05) is 11.1 Å². The third kappa shape index (κ3) is 3.12. The molecule has 6 heteroatoms. The Morgan fingerprint density at radius 3 is 2.83 bits per heavy atom. The summed E-state index contributed by atoms with van der Waals surface area (Å²) in [5, 5.41) is 12.3. The number of hydrogen-bond acceptors (Lipinski definition) is 5. The third-order valence-corrected chi connectivity index (χ3v) is 6.39. The Labute approximate surface area is 143 Å². The summed E-state index contributed by atoms with van der Waals surface area (Å²) in [6, 6.07) is 10.2. The van der Waals surface area contributed by atoms with Gasteiger partial charge in [0.1, 0.15) is 0 Å². The molecule has 0 unspecified atom stereocenters. The van der Waals surface area contributed by atoms with Gasteiger partial charge in [0.2, 0.25) is 5.91 Å². The van der Waals surface area contributed by atoms with E-state index in [1.54, 1.807) is 0 Å². The molecule has 1 saturated carbocycles. The number of aromatic nitrogens is 1. The number of aryl methyl sites for hydroxylation is 2. The van der Waals surface area contributed by atoms with Crippen LogP contribution in [-0.4, -0.2) is 16.6 Å². The Hall–Kier alpha value is -1.84. The van der Waals surface area contributed by atoms with Crippen molar-refractivity contribution in [1.82, 2.24) is 4.98 Å². The molecule has 118 valence electrons. The van der Waals surface area contributed by atoms with Gasteiger partial charge in [-0.2, -0.15) is 5.26 Å². The van der Waals surface area contributed by atoms with E-state index in [1.807, 2.05) is 38.1 Å². The van der Waals surface area contributed by atoms with Crippen molar-refractivity contribution >= 4 is 34.1 Å². The number of thioether (sulfide) groups is 1. The van der Waals surface area contributed by atoms with Gasteiger partial charge in [0, 0.05) is 0 Å². The van der Waals surface area contributed by atoms with E-state index < -0.39 is 5.41 Å². The predicted octanol–water partition coefficient (Wildman–Crippen LogP) is 4.05. The molecular formula is C17H17N3OS2. The number of amides is 1. The van der Waals surface area contributed by atoms with Crippen LogP contribution in [0.3, 0.4) is 0 Å². The highest BCUT2D eigenvalue weighted by molar-refractivity contribution is 8.01. The van der Waals surface area contributed by atoms with Crippen molar-refractivity contribution in [3.63, 3.8) is 0 Å². The normalized spacial score (nSPS) is 15.0. The standard InChI is InChI=1S/C17H17N3OS2/c1-11-5-3-4-6-13(11)17(7-8-17)15(21)20-16-19-12(2)14(23-16)22-10-9-18/h3-6H,7-8,10H2,1-2H3,(H,19,20,21). The molecule has 1 fully saturated rings. The molecule has 0 aliphatic heterocycles. The maximum absolute atomic E-state index is 12.8. The number of nitrogens with zero attached hydrogens (tertiary/aromatic N) is 2. The molecule has 3 rings (SSSR count). The summed E-state index contributed by atoms with van der Waals surface area (Å²) in [7, 11) is 0. The summed E-state index contributed by atoms with van der Waals surface area (Å²) >= 11 is 2.90. The van der Waals surface area contributed by atoms with Crippen molar-refractivity contribution < 1.29 is 4.79 Å². The van der Waals surface area contributed by atoms with Gasteiger partial charge in [0.05, 0.1) is 27.1 Å². The molecule has 23 heavy (non-hydrogen) atoms. The lowest BCUT2D eigenvalue weighted by Gasteiger charge is -2.16. The third-order valence-electron chi connectivity index (χ3n) is 4.09. The van der Waals surface area contributed by atoms with E-state index in [2.05, 4.69) is 16.4 Å². The fourth-order valence-corrected chi connectivity index (χ4v) is 4.53. The van der Waals surface area contributed by atoms with E-state index in [0.29, 0.717) is 10.9 Å². The lowest BCUT2D eigenvalue weighted by atomic mass is 9.91. The van der Waals surface area contributed by atoms with Gasteiger partial charge in [-0.1, -0.05) is 47.4 Å². The minimum Gasteiger partial charge on any atom is -0.301 e. The summed E-state index contributed by atoms with van der Waals surface area (Å²) in [5.41, 5.74) is 2.74. The second-order valence-corrected chi connectivity index (χ2v) is 7.93. The Morgan fingerprint density at radius 1 is 1.43 bits per heavy atom. The Morgan fingerprint density at radius 2 is 2.17 bits per heavy atom. The van der Waals surface area contributed by atoms with Crippen LogP contribution in [0.1, 0.15) is 29.7 Å². The lowest BCUT2D eigenvalue weighted by Crippen LogP contribution is -2.28. The van der Waals surface area contributed by atoms with Crippen LogP contribution >= 0.6 is 23.1 Å². The number of thiazole rings is 1. The van der Waals surface area contributed by atoms with E-state index in [1.165, 1.54) is 23.1 Å². The second-order valence-electron chi connectivity index (χ2n) is 5.69. The summed E-state index contributed by atoms with van der Waals surface area (Å²) in [6.07, 6.45) is 1.76. The summed E-state index contributed by atoms with van der Waals surface area (Å²) in [5.74, 6) is 0.418. The van der Waals surface area contributed by atoms with E-state index in [-0.39, 0.29) is 5.91 Å². The van der Waals surface area contributed by atoms with Gasteiger partial charge in [-0.25, -0.2) is 4.98 Å². The highest BCUT2D eigenvalue weighted by Gasteiger charge is 2.52.